The van der Waals surface area contributed by atoms with Gasteiger partial charge in [-0.25, -0.2) is 19.0 Å². The molecule has 0 saturated carbocycles. The zero-order valence-corrected chi connectivity index (χ0v) is 19.3. The number of carbonyl (C=O) groups is 1. The molecule has 3 N–H and O–H groups in total. The summed E-state index contributed by atoms with van der Waals surface area (Å²) < 4.78 is 39.5. The fraction of sp³-hybridized carbons (Fsp3) is 0.409. The Kier molecular flexibility index (Phi) is 5.96. The lowest BCUT2D eigenvalue weighted by Gasteiger charge is -2.30. The Hall–Kier alpha value is -3.09. The van der Waals surface area contributed by atoms with Crippen LogP contribution in [0.4, 0.5) is 10.2 Å². The number of halogens is 1. The maximum atomic E-state index is 13.8. The van der Waals surface area contributed by atoms with Crippen LogP contribution in [0.2, 0.25) is 0 Å². The van der Waals surface area contributed by atoms with Gasteiger partial charge in [0.15, 0.2) is 11.3 Å². The maximum Gasteiger partial charge on any atom is 0.276 e. The van der Waals surface area contributed by atoms with Gasteiger partial charge in [0.05, 0.1) is 12.2 Å². The van der Waals surface area contributed by atoms with Crippen LogP contribution in [0, 0.1) is 5.82 Å². The van der Waals surface area contributed by atoms with Gasteiger partial charge >= 0.3 is 0 Å². The highest BCUT2D eigenvalue weighted by molar-refractivity contribution is 7.86. The maximum absolute atomic E-state index is 13.8. The van der Waals surface area contributed by atoms with Crippen molar-refractivity contribution in [3.05, 3.63) is 59.7 Å². The molecule has 1 unspecified atom stereocenters. The molecule has 2 saturated heterocycles. The number of hydrogen-bond donors (Lipinski definition) is 2. The summed E-state index contributed by atoms with van der Waals surface area (Å²) in [6.45, 7) is 1.30. The van der Waals surface area contributed by atoms with Gasteiger partial charge in [-0.3, -0.25) is 4.79 Å². The van der Waals surface area contributed by atoms with E-state index in [2.05, 4.69) is 15.2 Å². The second-order valence-corrected chi connectivity index (χ2v) is 10.2. The Balaban J connectivity index is 1.35. The van der Waals surface area contributed by atoms with Gasteiger partial charge in [-0.2, -0.15) is 12.7 Å². The Bertz CT molecular complexity index is 1320. The van der Waals surface area contributed by atoms with Crippen molar-refractivity contribution in [2.75, 3.05) is 24.5 Å². The third kappa shape index (κ3) is 4.48. The van der Waals surface area contributed by atoms with Gasteiger partial charge in [0.25, 0.3) is 16.1 Å². The Morgan fingerprint density at radius 1 is 1.12 bits per heavy atom. The topological polar surface area (TPSA) is 126 Å². The van der Waals surface area contributed by atoms with E-state index in [0.29, 0.717) is 30.0 Å². The first-order chi connectivity index (χ1) is 16.3. The average molecular weight is 488 g/mol. The van der Waals surface area contributed by atoms with Crippen molar-refractivity contribution < 1.29 is 17.6 Å². The fourth-order valence-corrected chi connectivity index (χ4v) is 5.51. The van der Waals surface area contributed by atoms with Gasteiger partial charge < -0.3 is 10.2 Å². The van der Waals surface area contributed by atoms with Crippen LogP contribution in [0.3, 0.4) is 0 Å². The normalized spacial score (nSPS) is 20.2. The molecule has 1 atom stereocenters. The van der Waals surface area contributed by atoms with E-state index < -0.39 is 10.2 Å². The van der Waals surface area contributed by atoms with Crippen LogP contribution < -0.4 is 15.4 Å². The molecule has 0 aliphatic carbocycles. The number of imidazole rings is 1. The summed E-state index contributed by atoms with van der Waals surface area (Å²) in [6.07, 6.45) is 4.27. The Morgan fingerprint density at radius 3 is 2.65 bits per heavy atom. The average Bonchev–Trinajstić information content (AvgIpc) is 3.46. The van der Waals surface area contributed by atoms with E-state index in [-0.39, 0.29) is 36.9 Å². The molecule has 4 heterocycles. The second-order valence-electron chi connectivity index (χ2n) is 8.70. The first-order valence-corrected chi connectivity index (χ1v) is 12.8. The molecule has 2 aliphatic heterocycles. The molecule has 2 fully saturated rings. The number of amides is 1. The third-order valence-electron chi connectivity index (χ3n) is 6.51. The molecule has 0 spiro atoms. The number of nitrogens with one attached hydrogen (secondary N) is 1. The van der Waals surface area contributed by atoms with Crippen molar-refractivity contribution in [3.63, 3.8) is 0 Å². The van der Waals surface area contributed by atoms with Gasteiger partial charge in [-0.15, -0.1) is 5.10 Å². The molecule has 1 amide bonds. The van der Waals surface area contributed by atoms with E-state index in [0.717, 1.165) is 24.9 Å². The van der Waals surface area contributed by atoms with Crippen molar-refractivity contribution in [1.82, 2.24) is 24.2 Å². The molecule has 0 bridgehead atoms. The van der Waals surface area contributed by atoms with Gasteiger partial charge in [-0.05, 0) is 55.5 Å². The number of benzene rings is 1. The summed E-state index contributed by atoms with van der Waals surface area (Å²) in [4.78, 5) is 19.4. The SMILES string of the molecule is NS(=O)(=O)N1CCC(NC(=O)c2cnc3ccc(N4CCCC4c4cccc(F)c4)nn23)CC1. The standard InChI is InChI=1S/C22H26FN7O3S/c23-16-4-1-3-15(13-16)18-5-2-10-29(18)21-7-6-20-25-14-19(30(20)27-21)22(31)26-17-8-11-28(12-9-17)34(24,32)33/h1,3-4,6-7,13-14,17-18H,2,5,8-12H2,(H,26,31)(H2,24,32,33). The summed E-state index contributed by atoms with van der Waals surface area (Å²) in [7, 11) is -3.72. The van der Waals surface area contributed by atoms with E-state index in [1.165, 1.54) is 21.1 Å². The predicted molar refractivity (Wildman–Crippen MR) is 124 cm³/mol. The molecular formula is C22H26FN7O3S. The van der Waals surface area contributed by atoms with Crippen molar-refractivity contribution in [3.8, 4) is 0 Å². The smallest absolute Gasteiger partial charge is 0.276 e. The van der Waals surface area contributed by atoms with E-state index in [1.807, 2.05) is 18.2 Å². The highest BCUT2D eigenvalue weighted by Gasteiger charge is 2.29. The highest BCUT2D eigenvalue weighted by atomic mass is 32.2. The molecule has 12 heteroatoms. The zero-order chi connectivity index (χ0) is 23.9. The molecule has 5 rings (SSSR count). The number of rotatable bonds is 5. The first-order valence-electron chi connectivity index (χ1n) is 11.3. The molecule has 3 aromatic rings. The molecule has 1 aromatic carbocycles. The fourth-order valence-electron chi connectivity index (χ4n) is 4.79. The van der Waals surface area contributed by atoms with Gasteiger partial charge in [0.2, 0.25) is 0 Å². The zero-order valence-electron chi connectivity index (χ0n) is 18.5. The lowest BCUT2D eigenvalue weighted by atomic mass is 10.0. The van der Waals surface area contributed by atoms with E-state index >= 15 is 0 Å². The Morgan fingerprint density at radius 2 is 1.91 bits per heavy atom. The quantitative estimate of drug-likeness (QED) is 0.563. The molecule has 10 nitrogen and oxygen atoms in total. The van der Waals surface area contributed by atoms with E-state index in [4.69, 9.17) is 10.2 Å². The number of piperidine rings is 1. The van der Waals surface area contributed by atoms with E-state index in [1.54, 1.807) is 12.1 Å². The molecular weight excluding hydrogens is 461 g/mol. The molecule has 2 aliphatic rings. The van der Waals surface area contributed by atoms with Gasteiger partial charge in [-0.1, -0.05) is 12.1 Å². The number of nitrogens with zero attached hydrogens (tertiary/aromatic N) is 5. The minimum Gasteiger partial charge on any atom is -0.348 e. The monoisotopic (exact) mass is 487 g/mol. The van der Waals surface area contributed by atoms with Crippen molar-refractivity contribution in [2.24, 2.45) is 5.14 Å². The Labute approximate surface area is 196 Å². The minimum absolute atomic E-state index is 0.00505. The lowest BCUT2D eigenvalue weighted by Crippen LogP contribution is -2.48. The summed E-state index contributed by atoms with van der Waals surface area (Å²) in [6, 6.07) is 10.1. The van der Waals surface area contributed by atoms with Gasteiger partial charge in [0.1, 0.15) is 11.6 Å². The van der Waals surface area contributed by atoms with Crippen molar-refractivity contribution >= 4 is 27.6 Å². The van der Waals surface area contributed by atoms with Crippen LogP contribution in [0.15, 0.2) is 42.6 Å². The van der Waals surface area contributed by atoms with Crippen LogP contribution in [0.5, 0.6) is 0 Å². The van der Waals surface area contributed by atoms with Crippen molar-refractivity contribution in [1.29, 1.82) is 0 Å². The van der Waals surface area contributed by atoms with Crippen LogP contribution in [0.25, 0.3) is 5.65 Å². The molecule has 34 heavy (non-hydrogen) atoms. The number of hydrogen-bond acceptors (Lipinski definition) is 6. The number of fused-ring (bicyclic) bond motifs is 1. The summed E-state index contributed by atoms with van der Waals surface area (Å²) in [5, 5.41) is 12.8. The highest BCUT2D eigenvalue weighted by Crippen LogP contribution is 2.35. The minimum atomic E-state index is -3.72. The van der Waals surface area contributed by atoms with E-state index in [9.17, 15) is 17.6 Å². The third-order valence-corrected chi connectivity index (χ3v) is 7.60. The lowest BCUT2D eigenvalue weighted by molar-refractivity contribution is 0.0916. The summed E-state index contributed by atoms with van der Waals surface area (Å²) in [5.74, 6) is 0.0957. The van der Waals surface area contributed by atoms with Gasteiger partial charge in [0, 0.05) is 25.7 Å². The van der Waals surface area contributed by atoms with Crippen LogP contribution in [-0.2, 0) is 10.2 Å². The first kappa shape index (κ1) is 22.7. The molecule has 180 valence electrons. The second kappa shape index (κ2) is 8.93. The molecule has 2 aromatic heterocycles. The van der Waals surface area contributed by atoms with Crippen LogP contribution in [0.1, 0.15) is 47.8 Å². The largest absolute Gasteiger partial charge is 0.348 e. The molecule has 0 radical (unpaired) electrons. The number of aromatic nitrogens is 3. The van der Waals surface area contributed by atoms with Crippen LogP contribution in [-0.4, -0.2) is 58.9 Å². The van der Waals surface area contributed by atoms with Crippen molar-refractivity contribution in [2.45, 2.75) is 37.8 Å². The summed E-state index contributed by atoms with van der Waals surface area (Å²) in [5.41, 5.74) is 1.74. The number of carbonyl (C=O) groups excluding carboxylic acids is 1. The number of nitrogens with two attached hydrogens (primary N) is 1. The summed E-state index contributed by atoms with van der Waals surface area (Å²) >= 11 is 0. The predicted octanol–water partition coefficient (Wildman–Crippen LogP) is 1.61. The van der Waals surface area contributed by atoms with Crippen LogP contribution >= 0.6 is 0 Å². The number of anilines is 1.